The number of ketones is 1. The summed E-state index contributed by atoms with van der Waals surface area (Å²) in [5, 5.41) is 5.79. The number of Topliss-reactive ketones (excluding diaryl/α,β-unsaturated/α-hetero) is 1. The molecule has 1 N–H and O–H groups in total. The number of nitrogens with one attached hydrogen (secondary N) is 1. The fourth-order valence-corrected chi connectivity index (χ4v) is 2.92. The van der Waals surface area contributed by atoms with E-state index >= 15 is 0 Å². The molecular weight excluding hydrogens is 335 g/mol. The molecule has 0 saturated carbocycles. The molecular formula is C20H13FN2O3. The molecule has 0 bridgehead atoms. The molecule has 6 heteroatoms. The van der Waals surface area contributed by atoms with Crippen LogP contribution in [0.25, 0.3) is 10.8 Å². The molecule has 1 amide bonds. The van der Waals surface area contributed by atoms with Crippen LogP contribution in [-0.2, 0) is 4.79 Å². The summed E-state index contributed by atoms with van der Waals surface area (Å²) in [5.41, 5.74) is 3.82. The zero-order valence-electron chi connectivity index (χ0n) is 13.5. The largest absolute Gasteiger partial charge is 0.484 e. The molecule has 0 saturated heterocycles. The fraction of sp³-hybridized carbons (Fsp3) is 0.0500. The molecule has 0 unspecified atom stereocenters. The number of hydrogen-bond acceptors (Lipinski definition) is 4. The molecule has 1 aliphatic carbocycles. The summed E-state index contributed by atoms with van der Waals surface area (Å²) in [7, 11) is 0. The van der Waals surface area contributed by atoms with Crippen molar-refractivity contribution >= 4 is 28.2 Å². The minimum absolute atomic E-state index is 0.201. The van der Waals surface area contributed by atoms with Gasteiger partial charge >= 0.3 is 0 Å². The summed E-state index contributed by atoms with van der Waals surface area (Å²) >= 11 is 0. The Kier molecular flexibility index (Phi) is 3.93. The highest BCUT2D eigenvalue weighted by molar-refractivity contribution is 6.59. The second-order valence-electron chi connectivity index (χ2n) is 5.78. The van der Waals surface area contributed by atoms with Crippen molar-refractivity contribution in [2.45, 2.75) is 0 Å². The monoisotopic (exact) mass is 348 g/mol. The number of carbonyl (C=O) groups is 2. The smallest absolute Gasteiger partial charge is 0.277 e. The molecule has 0 spiro atoms. The van der Waals surface area contributed by atoms with Crippen LogP contribution in [0.2, 0.25) is 0 Å². The van der Waals surface area contributed by atoms with E-state index in [4.69, 9.17) is 4.74 Å². The maximum atomic E-state index is 12.8. The highest BCUT2D eigenvalue weighted by atomic mass is 19.1. The van der Waals surface area contributed by atoms with Gasteiger partial charge in [-0.25, -0.2) is 9.82 Å². The van der Waals surface area contributed by atoms with Crippen molar-refractivity contribution in [3.63, 3.8) is 0 Å². The maximum absolute atomic E-state index is 12.8. The molecule has 0 radical (unpaired) electrons. The summed E-state index contributed by atoms with van der Waals surface area (Å²) in [4.78, 5) is 24.5. The zero-order chi connectivity index (χ0) is 18.1. The van der Waals surface area contributed by atoms with Crippen molar-refractivity contribution in [1.29, 1.82) is 0 Å². The van der Waals surface area contributed by atoms with Gasteiger partial charge in [-0.05, 0) is 29.7 Å². The van der Waals surface area contributed by atoms with Gasteiger partial charge in [-0.15, -0.1) is 0 Å². The number of amides is 1. The molecule has 128 valence electrons. The second-order valence-corrected chi connectivity index (χ2v) is 5.78. The van der Waals surface area contributed by atoms with E-state index in [1.807, 2.05) is 24.3 Å². The Bertz CT molecular complexity index is 1050. The van der Waals surface area contributed by atoms with Gasteiger partial charge in [-0.2, -0.15) is 5.10 Å². The van der Waals surface area contributed by atoms with Crippen LogP contribution in [0.1, 0.15) is 15.9 Å². The molecule has 3 aromatic rings. The van der Waals surface area contributed by atoms with E-state index in [2.05, 4.69) is 10.5 Å². The van der Waals surface area contributed by atoms with Gasteiger partial charge in [-0.3, -0.25) is 9.59 Å². The Morgan fingerprint density at radius 2 is 1.69 bits per heavy atom. The molecule has 3 aromatic carbocycles. The Hall–Kier alpha value is -3.54. The predicted octanol–water partition coefficient (Wildman–Crippen LogP) is 3.07. The van der Waals surface area contributed by atoms with Gasteiger partial charge in [0, 0.05) is 16.5 Å². The Balaban J connectivity index is 1.49. The molecule has 26 heavy (non-hydrogen) atoms. The van der Waals surface area contributed by atoms with E-state index in [-0.39, 0.29) is 23.9 Å². The normalized spacial score (nSPS) is 14.0. The van der Waals surface area contributed by atoms with Crippen LogP contribution in [-0.4, -0.2) is 24.0 Å². The van der Waals surface area contributed by atoms with Crippen LogP contribution in [0, 0.1) is 5.82 Å². The second kappa shape index (κ2) is 6.40. The van der Waals surface area contributed by atoms with Crippen LogP contribution in [0.3, 0.4) is 0 Å². The standard InChI is InChI=1S/C20H13FN2O3/c21-13-7-9-14(10-8-13)26-11-17(24)22-23-19-15-5-1-3-12-4-2-6-16(18(12)15)20(19)25/h1-10H,11H2,(H,22,24)/b23-19-. The van der Waals surface area contributed by atoms with Crippen molar-refractivity contribution in [3.05, 3.63) is 77.6 Å². The first-order chi connectivity index (χ1) is 12.6. The van der Waals surface area contributed by atoms with Gasteiger partial charge in [0.05, 0.1) is 0 Å². The number of nitrogens with zero attached hydrogens (tertiary/aromatic N) is 1. The maximum Gasteiger partial charge on any atom is 0.277 e. The average Bonchev–Trinajstić information content (AvgIpc) is 2.93. The van der Waals surface area contributed by atoms with Gasteiger partial charge in [0.1, 0.15) is 17.3 Å². The van der Waals surface area contributed by atoms with Crippen LogP contribution in [0.5, 0.6) is 5.75 Å². The summed E-state index contributed by atoms with van der Waals surface area (Å²) in [6.07, 6.45) is 0. The van der Waals surface area contributed by atoms with Crippen molar-refractivity contribution in [3.8, 4) is 5.75 Å². The summed E-state index contributed by atoms with van der Waals surface area (Å²) in [6, 6.07) is 16.4. The summed E-state index contributed by atoms with van der Waals surface area (Å²) in [6.45, 7) is -0.298. The number of benzene rings is 3. The number of hydrazone groups is 1. The van der Waals surface area contributed by atoms with Crippen molar-refractivity contribution < 1.29 is 18.7 Å². The van der Waals surface area contributed by atoms with E-state index in [0.717, 1.165) is 10.8 Å². The van der Waals surface area contributed by atoms with Crippen LogP contribution in [0.4, 0.5) is 4.39 Å². The highest BCUT2D eigenvalue weighted by Gasteiger charge is 2.28. The predicted molar refractivity (Wildman–Crippen MR) is 94.9 cm³/mol. The van der Waals surface area contributed by atoms with E-state index in [1.165, 1.54) is 24.3 Å². The molecule has 4 rings (SSSR count). The molecule has 0 aliphatic heterocycles. The van der Waals surface area contributed by atoms with Gasteiger partial charge in [0.2, 0.25) is 5.78 Å². The lowest BCUT2D eigenvalue weighted by molar-refractivity contribution is -0.123. The first-order valence-corrected chi connectivity index (χ1v) is 7.95. The third kappa shape index (κ3) is 2.82. The third-order valence-electron chi connectivity index (χ3n) is 4.10. The molecule has 1 aliphatic rings. The van der Waals surface area contributed by atoms with Gasteiger partial charge in [0.25, 0.3) is 5.91 Å². The quantitative estimate of drug-likeness (QED) is 0.737. The van der Waals surface area contributed by atoms with Crippen molar-refractivity contribution in [1.82, 2.24) is 5.43 Å². The first-order valence-electron chi connectivity index (χ1n) is 7.95. The topological polar surface area (TPSA) is 67.8 Å². The minimum Gasteiger partial charge on any atom is -0.484 e. The summed E-state index contributed by atoms with van der Waals surface area (Å²) in [5.74, 6) is -0.765. The molecule has 5 nitrogen and oxygen atoms in total. The lowest BCUT2D eigenvalue weighted by Gasteiger charge is -2.05. The van der Waals surface area contributed by atoms with Gasteiger partial charge in [-0.1, -0.05) is 36.4 Å². The minimum atomic E-state index is -0.516. The van der Waals surface area contributed by atoms with E-state index in [9.17, 15) is 14.0 Å². The van der Waals surface area contributed by atoms with Crippen molar-refractivity contribution in [2.75, 3.05) is 6.61 Å². The lowest BCUT2D eigenvalue weighted by atomic mass is 10.1. The average molecular weight is 348 g/mol. The Labute approximate surface area is 148 Å². The zero-order valence-corrected chi connectivity index (χ0v) is 13.5. The van der Waals surface area contributed by atoms with Crippen LogP contribution < -0.4 is 10.2 Å². The highest BCUT2D eigenvalue weighted by Crippen LogP contribution is 2.30. The fourth-order valence-electron chi connectivity index (χ4n) is 2.92. The molecule has 0 fully saturated rings. The molecule has 0 atom stereocenters. The van der Waals surface area contributed by atoms with Gasteiger partial charge < -0.3 is 4.74 Å². The number of rotatable bonds is 4. The van der Waals surface area contributed by atoms with Crippen LogP contribution in [0.15, 0.2) is 65.8 Å². The number of hydrogen-bond donors (Lipinski definition) is 1. The van der Waals surface area contributed by atoms with Crippen molar-refractivity contribution in [2.24, 2.45) is 5.10 Å². The van der Waals surface area contributed by atoms with Crippen LogP contribution >= 0.6 is 0 Å². The molecule has 0 aromatic heterocycles. The number of carbonyl (C=O) groups excluding carboxylic acids is 2. The SMILES string of the molecule is O=C(COc1ccc(F)cc1)N/N=C1\C(=O)c2cccc3cccc1c23. The number of ether oxygens (including phenoxy) is 1. The van der Waals surface area contributed by atoms with Gasteiger partial charge in [0.15, 0.2) is 6.61 Å². The Morgan fingerprint density at radius 3 is 2.42 bits per heavy atom. The van der Waals surface area contributed by atoms with E-state index in [0.29, 0.717) is 16.9 Å². The first kappa shape index (κ1) is 16.0. The number of halogens is 1. The Morgan fingerprint density at radius 1 is 1.00 bits per heavy atom. The summed E-state index contributed by atoms with van der Waals surface area (Å²) < 4.78 is 18.1. The van der Waals surface area contributed by atoms with E-state index in [1.54, 1.807) is 12.1 Å². The third-order valence-corrected chi connectivity index (χ3v) is 4.10. The lowest BCUT2D eigenvalue weighted by Crippen LogP contribution is -2.27. The van der Waals surface area contributed by atoms with E-state index < -0.39 is 5.91 Å². The molecule has 0 heterocycles.